The van der Waals surface area contributed by atoms with E-state index in [9.17, 15) is 9.50 Å². The van der Waals surface area contributed by atoms with Gasteiger partial charge in [0.05, 0.1) is 12.7 Å². The van der Waals surface area contributed by atoms with Crippen LogP contribution in [0.1, 0.15) is 51.5 Å². The molecule has 0 amide bonds. The van der Waals surface area contributed by atoms with Crippen molar-refractivity contribution in [2.24, 2.45) is 11.8 Å². The quantitative estimate of drug-likeness (QED) is 0.875. The fraction of sp³-hybridized carbons (Fsp3) is 0.667. The van der Waals surface area contributed by atoms with Crippen molar-refractivity contribution < 1.29 is 14.2 Å². The third-order valence-corrected chi connectivity index (χ3v) is 4.48. The lowest BCUT2D eigenvalue weighted by atomic mass is 9.73. The molecule has 0 spiro atoms. The Bertz CT molecular complexity index is 472. The second-order valence-corrected chi connectivity index (χ2v) is 6.96. The third-order valence-electron chi connectivity index (χ3n) is 4.48. The van der Waals surface area contributed by atoms with Crippen molar-refractivity contribution in [2.75, 3.05) is 7.11 Å². The Labute approximate surface area is 127 Å². The van der Waals surface area contributed by atoms with E-state index in [4.69, 9.17) is 4.74 Å². The standard InChI is InChI=1S/C18H27FO2/c1-13(2)9-14-5-4-8-18(20,11-14)12-15-6-7-17(21-3)16(19)10-15/h6-7,10,13-14,20H,4-5,8-9,11-12H2,1-3H3. The minimum Gasteiger partial charge on any atom is -0.494 e. The average Bonchev–Trinajstić information content (AvgIpc) is 2.37. The van der Waals surface area contributed by atoms with E-state index < -0.39 is 5.60 Å². The Morgan fingerprint density at radius 2 is 2.19 bits per heavy atom. The molecule has 1 aliphatic rings. The van der Waals surface area contributed by atoms with Gasteiger partial charge in [-0.05, 0) is 48.8 Å². The molecule has 0 aromatic heterocycles. The highest BCUT2D eigenvalue weighted by Gasteiger charge is 2.34. The van der Waals surface area contributed by atoms with Crippen LogP contribution in [-0.2, 0) is 6.42 Å². The van der Waals surface area contributed by atoms with E-state index in [1.165, 1.54) is 26.0 Å². The van der Waals surface area contributed by atoms with Gasteiger partial charge < -0.3 is 9.84 Å². The minimum absolute atomic E-state index is 0.257. The van der Waals surface area contributed by atoms with Gasteiger partial charge in [-0.25, -0.2) is 4.39 Å². The number of benzene rings is 1. The molecule has 0 bridgehead atoms. The second kappa shape index (κ2) is 6.78. The first-order valence-corrected chi connectivity index (χ1v) is 7.96. The predicted octanol–water partition coefficient (Wildman–Crippen LogP) is 4.34. The molecule has 2 unspecified atom stereocenters. The van der Waals surface area contributed by atoms with Gasteiger partial charge in [0.1, 0.15) is 0 Å². The molecule has 1 aromatic rings. The highest BCUT2D eigenvalue weighted by Crippen LogP contribution is 2.38. The van der Waals surface area contributed by atoms with Gasteiger partial charge >= 0.3 is 0 Å². The van der Waals surface area contributed by atoms with Crippen LogP contribution in [0.25, 0.3) is 0 Å². The maximum Gasteiger partial charge on any atom is 0.165 e. The van der Waals surface area contributed by atoms with Crippen molar-refractivity contribution >= 4 is 0 Å². The lowest BCUT2D eigenvalue weighted by Crippen LogP contribution is -2.37. The van der Waals surface area contributed by atoms with Crippen molar-refractivity contribution in [2.45, 2.75) is 58.0 Å². The number of ether oxygens (including phenoxy) is 1. The Kier molecular flexibility index (Phi) is 5.26. The van der Waals surface area contributed by atoms with Crippen LogP contribution < -0.4 is 4.74 Å². The van der Waals surface area contributed by atoms with Gasteiger partial charge in [-0.15, -0.1) is 0 Å². The van der Waals surface area contributed by atoms with Crippen molar-refractivity contribution in [1.82, 2.24) is 0 Å². The number of halogens is 1. The van der Waals surface area contributed by atoms with E-state index in [-0.39, 0.29) is 11.6 Å². The summed E-state index contributed by atoms with van der Waals surface area (Å²) in [7, 11) is 1.46. The first kappa shape index (κ1) is 16.3. The number of hydrogen-bond acceptors (Lipinski definition) is 2. The zero-order valence-corrected chi connectivity index (χ0v) is 13.4. The molecule has 21 heavy (non-hydrogen) atoms. The highest BCUT2D eigenvalue weighted by molar-refractivity contribution is 5.30. The van der Waals surface area contributed by atoms with Crippen LogP contribution in [0.5, 0.6) is 5.75 Å². The molecule has 2 nitrogen and oxygen atoms in total. The maximum absolute atomic E-state index is 13.8. The zero-order chi connectivity index (χ0) is 15.5. The molecule has 118 valence electrons. The van der Waals surface area contributed by atoms with Gasteiger partial charge in [-0.2, -0.15) is 0 Å². The summed E-state index contributed by atoms with van der Waals surface area (Å²) in [4.78, 5) is 0. The molecule has 2 atom stereocenters. The molecule has 0 heterocycles. The lowest BCUT2D eigenvalue weighted by molar-refractivity contribution is -0.0189. The molecule has 3 heteroatoms. The smallest absolute Gasteiger partial charge is 0.165 e. The number of rotatable bonds is 5. The molecule has 0 saturated heterocycles. The molecular weight excluding hydrogens is 267 g/mol. The Morgan fingerprint density at radius 1 is 1.43 bits per heavy atom. The first-order valence-electron chi connectivity index (χ1n) is 7.96. The van der Waals surface area contributed by atoms with Crippen LogP contribution in [0.4, 0.5) is 4.39 Å². The predicted molar refractivity (Wildman–Crippen MR) is 83.0 cm³/mol. The average molecular weight is 294 g/mol. The van der Waals surface area contributed by atoms with Crippen molar-refractivity contribution in [3.8, 4) is 5.75 Å². The molecule has 1 aliphatic carbocycles. The van der Waals surface area contributed by atoms with Crippen LogP contribution in [0.3, 0.4) is 0 Å². The summed E-state index contributed by atoms with van der Waals surface area (Å²) in [5.74, 6) is 1.16. The SMILES string of the molecule is COc1ccc(CC2(O)CCCC(CC(C)C)C2)cc1F. The van der Waals surface area contributed by atoms with Crippen molar-refractivity contribution in [3.05, 3.63) is 29.6 Å². The van der Waals surface area contributed by atoms with Crippen molar-refractivity contribution in [3.63, 3.8) is 0 Å². The molecule has 1 saturated carbocycles. The molecule has 2 rings (SSSR count). The number of aliphatic hydroxyl groups is 1. The van der Waals surface area contributed by atoms with Crippen molar-refractivity contribution in [1.29, 1.82) is 0 Å². The van der Waals surface area contributed by atoms with Gasteiger partial charge in [0.25, 0.3) is 0 Å². The summed E-state index contributed by atoms with van der Waals surface area (Å²) >= 11 is 0. The normalized spacial score (nSPS) is 26.1. The van der Waals surface area contributed by atoms with Crippen LogP contribution in [0, 0.1) is 17.7 Å². The summed E-state index contributed by atoms with van der Waals surface area (Å²) in [6.45, 7) is 4.46. The van der Waals surface area contributed by atoms with Crippen LogP contribution in [0.15, 0.2) is 18.2 Å². The molecule has 1 N–H and O–H groups in total. The molecule has 1 fully saturated rings. The van der Waals surface area contributed by atoms with E-state index in [1.807, 2.05) is 6.07 Å². The monoisotopic (exact) mass is 294 g/mol. The largest absolute Gasteiger partial charge is 0.494 e. The van der Waals surface area contributed by atoms with Gasteiger partial charge in [0.15, 0.2) is 11.6 Å². The van der Waals surface area contributed by atoms with Gasteiger partial charge in [0, 0.05) is 6.42 Å². The molecule has 0 radical (unpaired) electrons. The zero-order valence-electron chi connectivity index (χ0n) is 13.4. The van der Waals surface area contributed by atoms with Gasteiger partial charge in [-0.1, -0.05) is 32.8 Å². The Morgan fingerprint density at radius 3 is 2.81 bits per heavy atom. The topological polar surface area (TPSA) is 29.5 Å². The Balaban J connectivity index is 2.04. The van der Waals surface area contributed by atoms with E-state index in [0.29, 0.717) is 18.3 Å². The summed E-state index contributed by atoms with van der Waals surface area (Å²) in [6, 6.07) is 4.98. The summed E-state index contributed by atoms with van der Waals surface area (Å²) in [5, 5.41) is 10.9. The van der Waals surface area contributed by atoms with E-state index >= 15 is 0 Å². The molecule has 0 aliphatic heterocycles. The Hall–Kier alpha value is -1.09. The summed E-state index contributed by atoms with van der Waals surface area (Å²) in [5.41, 5.74) is 0.166. The van der Waals surface area contributed by atoms with Gasteiger partial charge in [0.2, 0.25) is 0 Å². The maximum atomic E-state index is 13.8. The fourth-order valence-corrected chi connectivity index (χ4v) is 3.69. The van der Waals surface area contributed by atoms with E-state index in [1.54, 1.807) is 6.07 Å². The third kappa shape index (κ3) is 4.44. The summed E-state index contributed by atoms with van der Waals surface area (Å²) < 4.78 is 18.7. The van der Waals surface area contributed by atoms with Crippen LogP contribution in [0.2, 0.25) is 0 Å². The highest BCUT2D eigenvalue weighted by atomic mass is 19.1. The van der Waals surface area contributed by atoms with Crippen LogP contribution in [-0.4, -0.2) is 17.8 Å². The van der Waals surface area contributed by atoms with Gasteiger partial charge in [-0.3, -0.25) is 0 Å². The molecular formula is C18H27FO2. The number of hydrogen-bond donors (Lipinski definition) is 1. The number of methoxy groups -OCH3 is 1. The lowest BCUT2D eigenvalue weighted by Gasteiger charge is -2.37. The first-order chi connectivity index (χ1) is 9.92. The second-order valence-electron chi connectivity index (χ2n) is 6.96. The van der Waals surface area contributed by atoms with Crippen LogP contribution >= 0.6 is 0 Å². The van der Waals surface area contributed by atoms with E-state index in [0.717, 1.165) is 24.8 Å². The fourth-order valence-electron chi connectivity index (χ4n) is 3.69. The summed E-state index contributed by atoms with van der Waals surface area (Å²) in [6.07, 6.45) is 5.61. The van der Waals surface area contributed by atoms with E-state index in [2.05, 4.69) is 13.8 Å². The minimum atomic E-state index is -0.682. The molecule has 1 aromatic carbocycles.